The minimum atomic E-state index is 0.0800. The lowest BCUT2D eigenvalue weighted by Crippen LogP contribution is -2.16. The summed E-state index contributed by atoms with van der Waals surface area (Å²) in [5.74, 6) is 0. The number of nitrogens with two attached hydrogens (primary N) is 1. The van der Waals surface area contributed by atoms with Crippen LogP contribution in [-0.2, 0) is 12.0 Å². The van der Waals surface area contributed by atoms with Gasteiger partial charge < -0.3 is 5.73 Å². The van der Waals surface area contributed by atoms with Crippen molar-refractivity contribution < 1.29 is 0 Å². The fourth-order valence-electron chi connectivity index (χ4n) is 1.41. The molecule has 2 heteroatoms. The summed E-state index contributed by atoms with van der Waals surface area (Å²) in [5.41, 5.74) is 6.17. The van der Waals surface area contributed by atoms with E-state index in [2.05, 4.69) is 19.1 Å². The highest BCUT2D eigenvalue weighted by Crippen LogP contribution is 2.45. The van der Waals surface area contributed by atoms with Gasteiger partial charge in [-0.25, -0.2) is 0 Å². The second-order valence-corrected chi connectivity index (χ2v) is 4.84. The molecule has 1 aliphatic rings. The van der Waals surface area contributed by atoms with E-state index in [-0.39, 0.29) is 5.54 Å². The number of hydrogen-bond donors (Lipinski definition) is 1. The van der Waals surface area contributed by atoms with Crippen molar-refractivity contribution in [3.8, 4) is 0 Å². The Morgan fingerprint density at radius 2 is 2.25 bits per heavy atom. The van der Waals surface area contributed by atoms with Crippen LogP contribution in [0.3, 0.4) is 0 Å². The van der Waals surface area contributed by atoms with Crippen LogP contribution in [0.25, 0.3) is 0 Å². The molecule has 0 saturated heterocycles. The summed E-state index contributed by atoms with van der Waals surface area (Å²) in [7, 11) is 0. The second kappa shape index (κ2) is 2.86. The van der Waals surface area contributed by atoms with E-state index in [1.54, 1.807) is 0 Å². The highest BCUT2D eigenvalue weighted by Gasteiger charge is 2.41. The van der Waals surface area contributed by atoms with Gasteiger partial charge in [-0.2, -0.15) is 0 Å². The van der Waals surface area contributed by atoms with Gasteiger partial charge in [-0.1, -0.05) is 13.3 Å². The van der Waals surface area contributed by atoms with E-state index in [9.17, 15) is 0 Å². The van der Waals surface area contributed by atoms with Gasteiger partial charge >= 0.3 is 0 Å². The molecule has 1 heterocycles. The Kier molecular flexibility index (Phi) is 1.97. The summed E-state index contributed by atoms with van der Waals surface area (Å²) >= 11 is 1.90. The third-order valence-corrected chi connectivity index (χ3v) is 3.80. The van der Waals surface area contributed by atoms with Gasteiger partial charge in [0.05, 0.1) is 5.54 Å². The maximum Gasteiger partial charge on any atom is 0.0505 e. The molecule has 1 aliphatic carbocycles. The van der Waals surface area contributed by atoms with Crippen LogP contribution in [0.5, 0.6) is 0 Å². The topological polar surface area (TPSA) is 26.0 Å². The van der Waals surface area contributed by atoms with Crippen molar-refractivity contribution in [2.75, 3.05) is 0 Å². The largest absolute Gasteiger partial charge is 0.321 e. The summed E-state index contributed by atoms with van der Waals surface area (Å²) < 4.78 is 0. The molecular weight excluding hydrogens is 166 g/mol. The Balaban J connectivity index is 2.13. The first-order chi connectivity index (χ1) is 5.74. The normalized spacial score (nSPS) is 19.5. The molecule has 2 rings (SSSR count). The summed E-state index contributed by atoms with van der Waals surface area (Å²) in [5, 5.41) is 0. The van der Waals surface area contributed by atoms with Gasteiger partial charge in [0.2, 0.25) is 0 Å². The minimum Gasteiger partial charge on any atom is -0.321 e. The Bertz CT molecular complexity index is 273. The van der Waals surface area contributed by atoms with E-state index in [1.807, 2.05) is 11.3 Å². The fraction of sp³-hybridized carbons (Fsp3) is 0.600. The predicted molar refractivity (Wildman–Crippen MR) is 53.4 cm³/mol. The molecular formula is C10H15NS. The molecule has 2 N–H and O–H groups in total. The first-order valence-electron chi connectivity index (χ1n) is 4.63. The maximum absolute atomic E-state index is 6.09. The van der Waals surface area contributed by atoms with Crippen LogP contribution in [0.15, 0.2) is 12.1 Å². The van der Waals surface area contributed by atoms with Gasteiger partial charge in [-0.15, -0.1) is 11.3 Å². The van der Waals surface area contributed by atoms with Crippen LogP contribution in [-0.4, -0.2) is 0 Å². The van der Waals surface area contributed by atoms with E-state index in [1.165, 1.54) is 35.4 Å². The molecule has 1 saturated carbocycles. The molecule has 0 bridgehead atoms. The van der Waals surface area contributed by atoms with Gasteiger partial charge in [-0.05, 0) is 31.4 Å². The molecule has 0 spiro atoms. The van der Waals surface area contributed by atoms with Gasteiger partial charge in [0, 0.05) is 9.75 Å². The Hall–Kier alpha value is -0.340. The quantitative estimate of drug-likeness (QED) is 0.762. The fourth-order valence-corrected chi connectivity index (χ4v) is 2.68. The van der Waals surface area contributed by atoms with Crippen LogP contribution < -0.4 is 5.73 Å². The zero-order valence-corrected chi connectivity index (χ0v) is 8.29. The molecule has 1 fully saturated rings. The molecule has 0 radical (unpaired) electrons. The zero-order valence-electron chi connectivity index (χ0n) is 7.47. The summed E-state index contributed by atoms with van der Waals surface area (Å²) in [6.45, 7) is 2.22. The number of thiophene rings is 1. The van der Waals surface area contributed by atoms with E-state index < -0.39 is 0 Å². The van der Waals surface area contributed by atoms with Crippen LogP contribution in [0.2, 0.25) is 0 Å². The van der Waals surface area contributed by atoms with E-state index in [0.29, 0.717) is 0 Å². The van der Waals surface area contributed by atoms with Gasteiger partial charge in [-0.3, -0.25) is 0 Å². The van der Waals surface area contributed by atoms with Crippen molar-refractivity contribution in [3.05, 3.63) is 21.9 Å². The second-order valence-electron chi connectivity index (χ2n) is 3.67. The van der Waals surface area contributed by atoms with Crippen LogP contribution in [0, 0.1) is 0 Å². The molecule has 1 nitrogen and oxygen atoms in total. The lowest BCUT2D eigenvalue weighted by atomic mass is 10.2. The minimum absolute atomic E-state index is 0.0800. The average Bonchev–Trinajstić information content (AvgIpc) is 2.64. The molecule has 0 unspecified atom stereocenters. The van der Waals surface area contributed by atoms with Crippen molar-refractivity contribution in [1.29, 1.82) is 0 Å². The molecule has 0 amide bonds. The standard InChI is InChI=1S/C10H15NS/c1-2-3-8-4-5-9(12-8)10(11)6-7-10/h4-5H,2-3,6-7,11H2,1H3. The van der Waals surface area contributed by atoms with Crippen LogP contribution >= 0.6 is 11.3 Å². The van der Waals surface area contributed by atoms with Crippen molar-refractivity contribution in [1.82, 2.24) is 0 Å². The van der Waals surface area contributed by atoms with Crippen LogP contribution in [0.4, 0.5) is 0 Å². The number of aryl methyl sites for hydroxylation is 1. The molecule has 66 valence electrons. The molecule has 0 aliphatic heterocycles. The smallest absolute Gasteiger partial charge is 0.0505 e. The van der Waals surface area contributed by atoms with Crippen molar-refractivity contribution >= 4 is 11.3 Å². The molecule has 12 heavy (non-hydrogen) atoms. The van der Waals surface area contributed by atoms with Gasteiger partial charge in [0.15, 0.2) is 0 Å². The highest BCUT2D eigenvalue weighted by molar-refractivity contribution is 7.12. The third kappa shape index (κ3) is 1.41. The average molecular weight is 181 g/mol. The lowest BCUT2D eigenvalue weighted by Gasteiger charge is -2.02. The van der Waals surface area contributed by atoms with E-state index >= 15 is 0 Å². The van der Waals surface area contributed by atoms with Crippen LogP contribution in [0.1, 0.15) is 35.9 Å². The summed E-state index contributed by atoms with van der Waals surface area (Å²) in [6, 6.07) is 4.44. The van der Waals surface area contributed by atoms with Crippen molar-refractivity contribution in [2.24, 2.45) is 5.73 Å². The first kappa shape index (κ1) is 8.27. The first-order valence-corrected chi connectivity index (χ1v) is 5.44. The molecule has 0 atom stereocenters. The van der Waals surface area contributed by atoms with Gasteiger partial charge in [0.25, 0.3) is 0 Å². The van der Waals surface area contributed by atoms with Crippen molar-refractivity contribution in [3.63, 3.8) is 0 Å². The Labute approximate surface area is 77.6 Å². The molecule has 1 aromatic rings. The monoisotopic (exact) mass is 181 g/mol. The summed E-state index contributed by atoms with van der Waals surface area (Å²) in [6.07, 6.45) is 4.80. The molecule has 0 aromatic carbocycles. The Morgan fingerprint density at radius 3 is 2.83 bits per heavy atom. The summed E-state index contributed by atoms with van der Waals surface area (Å²) in [4.78, 5) is 2.88. The van der Waals surface area contributed by atoms with Crippen molar-refractivity contribution in [2.45, 2.75) is 38.1 Å². The third-order valence-electron chi connectivity index (χ3n) is 2.44. The maximum atomic E-state index is 6.09. The highest BCUT2D eigenvalue weighted by atomic mass is 32.1. The SMILES string of the molecule is CCCc1ccc(C2(N)CC2)s1. The zero-order chi connectivity index (χ0) is 8.60. The number of hydrogen-bond acceptors (Lipinski definition) is 2. The lowest BCUT2D eigenvalue weighted by molar-refractivity contribution is 0.759. The predicted octanol–water partition coefficient (Wildman–Crippen LogP) is 2.65. The molecule has 1 aromatic heterocycles. The number of rotatable bonds is 3. The van der Waals surface area contributed by atoms with E-state index in [0.717, 1.165) is 0 Å². The van der Waals surface area contributed by atoms with E-state index in [4.69, 9.17) is 5.73 Å². The Morgan fingerprint density at radius 1 is 1.50 bits per heavy atom. The van der Waals surface area contributed by atoms with Gasteiger partial charge in [0.1, 0.15) is 0 Å².